The van der Waals surface area contributed by atoms with Crippen LogP contribution in [0.2, 0.25) is 0 Å². The quantitative estimate of drug-likeness (QED) is 0.0785. The van der Waals surface area contributed by atoms with Crippen LogP contribution in [0.25, 0.3) is 22.2 Å². The number of imidazole rings is 1. The first-order chi connectivity index (χ1) is 16.9. The zero-order chi connectivity index (χ0) is 26.7. The first-order valence-corrected chi connectivity index (χ1v) is 13.4. The minimum Gasteiger partial charge on any atom is -0.409 e. The number of carbonyl (C=O) groups excluding carboxylic acids is 1. The molecule has 0 atom stereocenters. The van der Waals surface area contributed by atoms with E-state index in [1.807, 2.05) is 25.1 Å². The molecule has 0 saturated heterocycles. The summed E-state index contributed by atoms with van der Waals surface area (Å²) in [5.41, 5.74) is 10.1. The van der Waals surface area contributed by atoms with Crippen LogP contribution in [0, 0.1) is 6.92 Å². The molecule has 0 spiro atoms. The molecule has 4 N–H and O–H groups in total. The van der Waals surface area contributed by atoms with E-state index in [-0.39, 0.29) is 15.6 Å². The third-order valence-corrected chi connectivity index (χ3v) is 9.18. The molecule has 0 aliphatic rings. The van der Waals surface area contributed by atoms with Gasteiger partial charge in [0.15, 0.2) is 5.84 Å². The van der Waals surface area contributed by atoms with E-state index in [4.69, 9.17) is 15.7 Å². The number of hydrogen-bond donors (Lipinski definition) is 3. The zero-order valence-corrected chi connectivity index (χ0v) is 21.1. The summed E-state index contributed by atoms with van der Waals surface area (Å²) in [6.07, 6.45) is -2.28. The van der Waals surface area contributed by atoms with Crippen LogP contribution in [0.1, 0.15) is 10.4 Å². The van der Waals surface area contributed by atoms with Crippen molar-refractivity contribution in [2.24, 2.45) is 10.9 Å². The largest absolute Gasteiger partial charge is 0.446 e. The molecular weight excluding hydrogens is 537 g/mol. The van der Waals surface area contributed by atoms with E-state index in [9.17, 15) is 21.6 Å². The van der Waals surface area contributed by atoms with Gasteiger partial charge in [-0.3, -0.25) is 4.79 Å². The van der Waals surface area contributed by atoms with Crippen molar-refractivity contribution in [3.63, 3.8) is 0 Å². The number of nitrogens with two attached hydrogens (primary N) is 1. The molecule has 4 aromatic rings. The van der Waals surface area contributed by atoms with Gasteiger partial charge in [-0.1, -0.05) is 17.3 Å². The minimum absolute atomic E-state index is 0.117. The molecule has 14 heteroatoms. The summed E-state index contributed by atoms with van der Waals surface area (Å²) in [6.45, 7) is 1.98. The average Bonchev–Trinajstić information content (AvgIpc) is 3.50. The fraction of sp³-hybridized carbons (Fsp3) is 0.136. The van der Waals surface area contributed by atoms with Crippen molar-refractivity contribution in [3.05, 3.63) is 59.2 Å². The maximum atomic E-state index is 13.4. The molecule has 2 aromatic carbocycles. The molecular formula is C22H19F3N4O4S3. The smallest absolute Gasteiger partial charge is 0.409 e. The van der Waals surface area contributed by atoms with Crippen LogP contribution in [-0.4, -0.2) is 48.1 Å². The number of thioether (sulfide) groups is 1. The van der Waals surface area contributed by atoms with Crippen LogP contribution in [0.5, 0.6) is 0 Å². The number of aromatic nitrogens is 2. The van der Waals surface area contributed by atoms with E-state index < -0.39 is 22.3 Å². The first-order valence-electron chi connectivity index (χ1n) is 9.89. The number of aromatic amines is 1. The molecule has 2 aromatic heterocycles. The van der Waals surface area contributed by atoms with E-state index >= 15 is 0 Å². The Kier molecular flexibility index (Phi) is 8.11. The summed E-state index contributed by atoms with van der Waals surface area (Å²) in [7, 11) is -3.80. The zero-order valence-electron chi connectivity index (χ0n) is 18.7. The number of carbonyl (C=O) groups is 1. The number of amidine groups is 1. The molecule has 0 radical (unpaired) electrons. The Bertz CT molecular complexity index is 1540. The Labute approximate surface area is 212 Å². The second-order valence-corrected chi connectivity index (χ2v) is 11.3. The topological polar surface area (TPSA) is 138 Å². The molecule has 0 unspecified atom stereocenters. The molecule has 0 fully saturated rings. The molecule has 190 valence electrons. The molecule has 36 heavy (non-hydrogen) atoms. The molecule has 4 rings (SSSR count). The number of aryl methyl sites for hydroxylation is 1. The van der Waals surface area contributed by atoms with Gasteiger partial charge in [0.1, 0.15) is 0 Å². The lowest BCUT2D eigenvalue weighted by atomic mass is 10.00. The highest BCUT2D eigenvalue weighted by atomic mass is 32.2. The predicted octanol–water partition coefficient (Wildman–Crippen LogP) is 5.00. The van der Waals surface area contributed by atoms with Crippen molar-refractivity contribution >= 4 is 56.1 Å². The summed E-state index contributed by atoms with van der Waals surface area (Å²) in [5, 5.41) is 11.9. The van der Waals surface area contributed by atoms with Gasteiger partial charge in [-0.2, -0.15) is 13.2 Å². The summed E-state index contributed by atoms with van der Waals surface area (Å²) < 4.78 is 58.6. The van der Waals surface area contributed by atoms with Crippen molar-refractivity contribution in [3.8, 4) is 11.1 Å². The average molecular weight is 557 g/mol. The van der Waals surface area contributed by atoms with Crippen molar-refractivity contribution < 1.29 is 31.6 Å². The number of rotatable bonds is 5. The van der Waals surface area contributed by atoms with Crippen LogP contribution in [0.15, 0.2) is 67.9 Å². The summed E-state index contributed by atoms with van der Waals surface area (Å²) in [4.78, 5) is 16.8. The molecule has 2 heterocycles. The highest BCUT2D eigenvalue weighted by molar-refractivity contribution is 8.01. The predicted molar refractivity (Wildman–Crippen MR) is 132 cm³/mol. The number of nitrogens with zero attached hydrogens (tertiary/aromatic N) is 2. The molecule has 0 saturated carbocycles. The van der Waals surface area contributed by atoms with Gasteiger partial charge in [0.05, 0.1) is 36.2 Å². The van der Waals surface area contributed by atoms with E-state index in [2.05, 4.69) is 15.1 Å². The van der Waals surface area contributed by atoms with Crippen molar-refractivity contribution in [1.29, 1.82) is 0 Å². The fourth-order valence-corrected chi connectivity index (χ4v) is 7.16. The lowest BCUT2D eigenvalue weighted by Crippen LogP contribution is -2.11. The molecule has 0 aliphatic carbocycles. The standard InChI is InChI=1S/C20H18N4O3S3.C2HF3O/c1-11-6-15-16(23-10-22-15)8-14(11)12-4-3-5-13(7-12)30(26,27)18-9-17(19(21)24-25)29-20(18)28-2;3-2(4,5)1-6/h3-10,25H,1-2H3,(H2,21,24)(H,22,23);1H. The number of H-pyrrole nitrogens is 1. The van der Waals surface area contributed by atoms with Gasteiger partial charge in [0, 0.05) is 0 Å². The number of alkyl halides is 3. The van der Waals surface area contributed by atoms with E-state index in [1.165, 1.54) is 29.2 Å². The number of benzene rings is 2. The summed E-state index contributed by atoms with van der Waals surface area (Å²) >= 11 is 2.48. The number of oxime groups is 1. The van der Waals surface area contributed by atoms with Gasteiger partial charge < -0.3 is 15.9 Å². The summed E-state index contributed by atoms with van der Waals surface area (Å²) in [5.74, 6) is -0.117. The second-order valence-electron chi connectivity index (χ2n) is 7.23. The number of hydrogen-bond acceptors (Lipinski definition) is 8. The van der Waals surface area contributed by atoms with E-state index in [0.717, 1.165) is 27.7 Å². The Morgan fingerprint density at radius 1 is 1.25 bits per heavy atom. The lowest BCUT2D eigenvalue weighted by molar-refractivity contribution is -0.156. The van der Waals surface area contributed by atoms with Crippen LogP contribution in [-0.2, 0) is 14.6 Å². The Morgan fingerprint density at radius 2 is 1.94 bits per heavy atom. The van der Waals surface area contributed by atoms with Crippen LogP contribution >= 0.6 is 23.1 Å². The van der Waals surface area contributed by atoms with Crippen LogP contribution < -0.4 is 5.73 Å². The Hall–Kier alpha value is -3.36. The highest BCUT2D eigenvalue weighted by Gasteiger charge is 2.26. The van der Waals surface area contributed by atoms with E-state index in [1.54, 1.807) is 30.8 Å². The Balaban J connectivity index is 0.000000538. The number of sulfone groups is 1. The molecule has 0 aliphatic heterocycles. The van der Waals surface area contributed by atoms with Crippen molar-refractivity contribution in [1.82, 2.24) is 9.97 Å². The van der Waals surface area contributed by atoms with Crippen molar-refractivity contribution in [2.75, 3.05) is 6.26 Å². The number of fused-ring (bicyclic) bond motifs is 1. The minimum atomic E-state index is -4.64. The van der Waals surface area contributed by atoms with E-state index in [0.29, 0.717) is 9.09 Å². The first kappa shape index (κ1) is 27.2. The maximum Gasteiger partial charge on any atom is 0.446 e. The molecule has 0 amide bonds. The number of halogens is 3. The fourth-order valence-electron chi connectivity index (χ4n) is 3.22. The lowest BCUT2D eigenvalue weighted by Gasteiger charge is -2.10. The second kappa shape index (κ2) is 10.7. The molecule has 0 bridgehead atoms. The highest BCUT2D eigenvalue weighted by Crippen LogP contribution is 2.38. The van der Waals surface area contributed by atoms with Gasteiger partial charge >= 0.3 is 6.18 Å². The number of nitrogens with one attached hydrogen (secondary N) is 1. The van der Waals surface area contributed by atoms with Crippen LogP contribution in [0.3, 0.4) is 0 Å². The number of thiophene rings is 1. The van der Waals surface area contributed by atoms with Gasteiger partial charge in [-0.25, -0.2) is 13.4 Å². The SMILES string of the molecule is CSc1sc(C(N)=NO)cc1S(=O)(=O)c1cccc(-c2cc3nc[nH]c3cc2C)c1.O=CC(F)(F)F. The Morgan fingerprint density at radius 3 is 2.56 bits per heavy atom. The van der Waals surface area contributed by atoms with Gasteiger partial charge in [-0.05, 0) is 60.2 Å². The van der Waals surface area contributed by atoms with Gasteiger partial charge in [-0.15, -0.1) is 23.1 Å². The van der Waals surface area contributed by atoms with Gasteiger partial charge in [0.2, 0.25) is 16.1 Å². The normalized spacial score (nSPS) is 12.3. The van der Waals surface area contributed by atoms with Gasteiger partial charge in [0.25, 0.3) is 0 Å². The third kappa shape index (κ3) is 5.88. The third-order valence-electron chi connectivity index (χ3n) is 4.86. The maximum absolute atomic E-state index is 13.4. The monoisotopic (exact) mass is 556 g/mol. The van der Waals surface area contributed by atoms with Crippen molar-refractivity contribution in [2.45, 2.75) is 27.1 Å². The molecule has 8 nitrogen and oxygen atoms in total. The number of aldehydes is 1. The van der Waals surface area contributed by atoms with Crippen LogP contribution in [0.4, 0.5) is 13.2 Å². The summed E-state index contributed by atoms with van der Waals surface area (Å²) in [6, 6.07) is 12.2.